The van der Waals surface area contributed by atoms with Gasteiger partial charge in [0, 0.05) is 23.4 Å². The van der Waals surface area contributed by atoms with Crippen molar-refractivity contribution in [3.8, 4) is 0 Å². The molecule has 0 radical (unpaired) electrons. The van der Waals surface area contributed by atoms with E-state index in [-0.39, 0.29) is 10.6 Å². The fourth-order valence-electron chi connectivity index (χ4n) is 3.54. The SMILES string of the molecule is Cc1cc(NC2CCCC(C3CC3)C2)ccc1[N+](=O)[O-]. The van der Waals surface area contributed by atoms with Gasteiger partial charge in [-0.2, -0.15) is 0 Å². The Bertz CT molecular complexity index is 511. The number of rotatable bonds is 4. The zero-order chi connectivity index (χ0) is 14.1. The van der Waals surface area contributed by atoms with Gasteiger partial charge in [0.15, 0.2) is 0 Å². The first kappa shape index (κ1) is 13.4. The zero-order valence-electron chi connectivity index (χ0n) is 12.0. The predicted molar refractivity (Wildman–Crippen MR) is 79.9 cm³/mol. The first-order valence-electron chi connectivity index (χ1n) is 7.65. The lowest BCUT2D eigenvalue weighted by Gasteiger charge is -2.30. The Balaban J connectivity index is 1.64. The van der Waals surface area contributed by atoms with Crippen molar-refractivity contribution >= 4 is 11.4 Å². The lowest BCUT2D eigenvalue weighted by Crippen LogP contribution is -2.28. The maximum absolute atomic E-state index is 10.8. The third kappa shape index (κ3) is 2.94. The molecule has 2 atom stereocenters. The molecule has 4 heteroatoms. The van der Waals surface area contributed by atoms with Gasteiger partial charge in [-0.3, -0.25) is 10.1 Å². The van der Waals surface area contributed by atoms with Crippen molar-refractivity contribution in [1.29, 1.82) is 0 Å². The summed E-state index contributed by atoms with van der Waals surface area (Å²) in [5, 5.41) is 14.4. The molecule has 4 nitrogen and oxygen atoms in total. The molecule has 2 fully saturated rings. The van der Waals surface area contributed by atoms with Crippen molar-refractivity contribution in [1.82, 2.24) is 0 Å². The normalized spacial score (nSPS) is 26.2. The molecule has 0 amide bonds. The summed E-state index contributed by atoms with van der Waals surface area (Å²) in [4.78, 5) is 10.5. The van der Waals surface area contributed by atoms with Crippen LogP contribution >= 0.6 is 0 Å². The number of nitro groups is 1. The van der Waals surface area contributed by atoms with Gasteiger partial charge in [-0.15, -0.1) is 0 Å². The lowest BCUT2D eigenvalue weighted by molar-refractivity contribution is -0.385. The molecule has 0 heterocycles. The van der Waals surface area contributed by atoms with Crippen LogP contribution in [0.3, 0.4) is 0 Å². The molecule has 0 spiro atoms. The Hall–Kier alpha value is -1.58. The largest absolute Gasteiger partial charge is 0.382 e. The predicted octanol–water partition coefficient (Wildman–Crippen LogP) is 4.28. The molecule has 3 rings (SSSR count). The number of benzene rings is 1. The van der Waals surface area contributed by atoms with E-state index in [9.17, 15) is 10.1 Å². The van der Waals surface area contributed by atoms with Crippen LogP contribution in [0.25, 0.3) is 0 Å². The van der Waals surface area contributed by atoms with Crippen LogP contribution in [0.5, 0.6) is 0 Å². The van der Waals surface area contributed by atoms with Crippen LogP contribution in [-0.2, 0) is 0 Å². The van der Waals surface area contributed by atoms with Crippen LogP contribution in [0.15, 0.2) is 18.2 Å². The summed E-state index contributed by atoms with van der Waals surface area (Å²) < 4.78 is 0. The Labute approximate surface area is 119 Å². The van der Waals surface area contributed by atoms with Gasteiger partial charge in [0.25, 0.3) is 5.69 Å². The standard InChI is InChI=1S/C16H22N2O2/c1-11-9-15(7-8-16(11)18(19)20)17-14-4-2-3-13(10-14)12-5-6-12/h7-9,12-14,17H,2-6,10H2,1H3. The van der Waals surface area contributed by atoms with E-state index in [2.05, 4.69) is 5.32 Å². The third-order valence-corrected chi connectivity index (χ3v) is 4.77. The molecule has 1 N–H and O–H groups in total. The number of aryl methyl sites for hydroxylation is 1. The maximum Gasteiger partial charge on any atom is 0.272 e. The molecule has 0 aromatic heterocycles. The van der Waals surface area contributed by atoms with E-state index in [1.54, 1.807) is 13.0 Å². The maximum atomic E-state index is 10.8. The van der Waals surface area contributed by atoms with E-state index in [1.807, 2.05) is 12.1 Å². The summed E-state index contributed by atoms with van der Waals surface area (Å²) in [6.07, 6.45) is 8.04. The number of nitrogens with one attached hydrogen (secondary N) is 1. The van der Waals surface area contributed by atoms with Crippen LogP contribution in [0.2, 0.25) is 0 Å². The Morgan fingerprint density at radius 3 is 2.65 bits per heavy atom. The molecule has 108 valence electrons. The molecule has 2 aliphatic rings. The van der Waals surface area contributed by atoms with E-state index in [4.69, 9.17) is 0 Å². The fraction of sp³-hybridized carbons (Fsp3) is 0.625. The monoisotopic (exact) mass is 274 g/mol. The van der Waals surface area contributed by atoms with Crippen molar-refractivity contribution in [2.75, 3.05) is 5.32 Å². The molecule has 20 heavy (non-hydrogen) atoms. The van der Waals surface area contributed by atoms with E-state index in [0.29, 0.717) is 6.04 Å². The molecule has 2 unspecified atom stereocenters. The summed E-state index contributed by atoms with van der Waals surface area (Å²) in [6.45, 7) is 1.80. The summed E-state index contributed by atoms with van der Waals surface area (Å²) in [5.41, 5.74) is 1.96. The van der Waals surface area contributed by atoms with Crippen molar-refractivity contribution in [2.24, 2.45) is 11.8 Å². The Morgan fingerprint density at radius 1 is 1.20 bits per heavy atom. The average molecular weight is 274 g/mol. The number of nitro benzene ring substituents is 1. The van der Waals surface area contributed by atoms with Crippen molar-refractivity contribution in [3.05, 3.63) is 33.9 Å². The second kappa shape index (κ2) is 5.43. The molecular weight excluding hydrogens is 252 g/mol. The van der Waals surface area contributed by atoms with Crippen molar-refractivity contribution < 1.29 is 4.92 Å². The Morgan fingerprint density at radius 2 is 2.00 bits per heavy atom. The van der Waals surface area contributed by atoms with E-state index >= 15 is 0 Å². The van der Waals surface area contributed by atoms with Gasteiger partial charge in [0.2, 0.25) is 0 Å². The third-order valence-electron chi connectivity index (χ3n) is 4.77. The average Bonchev–Trinajstić information content (AvgIpc) is 3.23. The van der Waals surface area contributed by atoms with Crippen LogP contribution in [-0.4, -0.2) is 11.0 Å². The number of anilines is 1. The van der Waals surface area contributed by atoms with Crippen LogP contribution in [0.1, 0.15) is 44.1 Å². The second-order valence-corrected chi connectivity index (χ2v) is 6.36. The van der Waals surface area contributed by atoms with Gasteiger partial charge >= 0.3 is 0 Å². The highest BCUT2D eigenvalue weighted by molar-refractivity contribution is 5.54. The summed E-state index contributed by atoms with van der Waals surface area (Å²) in [7, 11) is 0. The summed E-state index contributed by atoms with van der Waals surface area (Å²) in [5.74, 6) is 1.89. The molecule has 0 saturated heterocycles. The first-order valence-corrected chi connectivity index (χ1v) is 7.65. The lowest BCUT2D eigenvalue weighted by atomic mass is 9.82. The number of hydrogen-bond donors (Lipinski definition) is 1. The first-order chi connectivity index (χ1) is 9.63. The van der Waals surface area contributed by atoms with Crippen molar-refractivity contribution in [3.63, 3.8) is 0 Å². The van der Waals surface area contributed by atoms with E-state index < -0.39 is 0 Å². The van der Waals surface area contributed by atoms with Crippen LogP contribution in [0.4, 0.5) is 11.4 Å². The molecule has 2 saturated carbocycles. The minimum absolute atomic E-state index is 0.204. The molecule has 1 aromatic rings. The Kier molecular flexibility index (Phi) is 3.64. The van der Waals surface area contributed by atoms with Gasteiger partial charge in [0.1, 0.15) is 0 Å². The van der Waals surface area contributed by atoms with Crippen LogP contribution in [0, 0.1) is 28.9 Å². The van der Waals surface area contributed by atoms with Gasteiger partial charge in [-0.25, -0.2) is 0 Å². The minimum atomic E-state index is -0.317. The number of nitrogens with zero attached hydrogens (tertiary/aromatic N) is 1. The number of hydrogen-bond acceptors (Lipinski definition) is 3. The highest BCUT2D eigenvalue weighted by Gasteiger charge is 2.34. The van der Waals surface area contributed by atoms with Gasteiger partial charge in [-0.05, 0) is 56.6 Å². The summed E-state index contributed by atoms with van der Waals surface area (Å²) in [6, 6.07) is 5.89. The zero-order valence-corrected chi connectivity index (χ0v) is 12.0. The molecule has 0 bridgehead atoms. The van der Waals surface area contributed by atoms with Gasteiger partial charge in [0.05, 0.1) is 4.92 Å². The highest BCUT2D eigenvalue weighted by atomic mass is 16.6. The topological polar surface area (TPSA) is 55.2 Å². The van der Waals surface area contributed by atoms with Gasteiger partial charge in [-0.1, -0.05) is 12.8 Å². The second-order valence-electron chi connectivity index (χ2n) is 6.36. The fourth-order valence-corrected chi connectivity index (χ4v) is 3.54. The quantitative estimate of drug-likeness (QED) is 0.658. The molecule has 1 aromatic carbocycles. The minimum Gasteiger partial charge on any atom is -0.382 e. The highest BCUT2D eigenvalue weighted by Crippen LogP contribution is 2.44. The molecule has 2 aliphatic carbocycles. The smallest absolute Gasteiger partial charge is 0.272 e. The van der Waals surface area contributed by atoms with E-state index in [1.165, 1.54) is 38.5 Å². The van der Waals surface area contributed by atoms with Crippen molar-refractivity contribution in [2.45, 2.75) is 51.5 Å². The molecular formula is C16H22N2O2. The molecule has 0 aliphatic heterocycles. The summed E-state index contributed by atoms with van der Waals surface area (Å²) >= 11 is 0. The van der Waals surface area contributed by atoms with Gasteiger partial charge < -0.3 is 5.32 Å². The van der Waals surface area contributed by atoms with E-state index in [0.717, 1.165) is 23.1 Å². The van der Waals surface area contributed by atoms with Crippen LogP contribution < -0.4 is 5.32 Å².